The summed E-state index contributed by atoms with van der Waals surface area (Å²) in [6.07, 6.45) is 1.54. The van der Waals surface area contributed by atoms with Crippen LogP contribution in [0.5, 0.6) is 11.5 Å². The van der Waals surface area contributed by atoms with Crippen molar-refractivity contribution in [1.82, 2.24) is 14.8 Å². The fourth-order valence-corrected chi connectivity index (χ4v) is 5.79. The topological polar surface area (TPSA) is 69.5 Å². The molecule has 4 heterocycles. The molecule has 2 aliphatic heterocycles. The van der Waals surface area contributed by atoms with Gasteiger partial charge in [0, 0.05) is 16.1 Å². The first kappa shape index (κ1) is 22.9. The Balaban J connectivity index is 1.69. The van der Waals surface area contributed by atoms with Crippen LogP contribution < -0.4 is 14.4 Å². The minimum atomic E-state index is -0.430. The molecule has 2 aromatic carbocycles. The quantitative estimate of drug-likeness (QED) is 0.289. The minimum absolute atomic E-state index is 0.0546. The molecule has 36 heavy (non-hydrogen) atoms. The van der Waals surface area contributed by atoms with Gasteiger partial charge < -0.3 is 9.47 Å². The molecule has 0 N–H and O–H groups in total. The van der Waals surface area contributed by atoms with Crippen LogP contribution in [-0.4, -0.2) is 34.9 Å². The molecule has 2 aliphatic rings. The lowest BCUT2D eigenvalue weighted by Crippen LogP contribution is -2.33. The zero-order valence-electron chi connectivity index (χ0n) is 20.0. The number of ether oxygens (including phenoxy) is 2. The van der Waals surface area contributed by atoms with Crippen LogP contribution in [0.2, 0.25) is 10.2 Å². The summed E-state index contributed by atoms with van der Waals surface area (Å²) in [5.74, 6) is 0.949. The standard InChI is InChI=1S/C27H22Cl2N4O3/c1-13(2)23-21-22(31-33(23)17-7-5-6-8-18(17)35-3)27(34)32-24(21)15-10-9-14(28)11-16(15)20-25(32)19(36-4)12-30-26(20)29/h5-13,24H,1-4H3. The van der Waals surface area contributed by atoms with Crippen LogP contribution in [0.25, 0.3) is 16.8 Å². The molecular formula is C27H22Cl2N4O3. The van der Waals surface area contributed by atoms with Gasteiger partial charge >= 0.3 is 0 Å². The normalized spacial score (nSPS) is 15.5. The van der Waals surface area contributed by atoms with E-state index in [1.54, 1.807) is 19.1 Å². The van der Waals surface area contributed by atoms with Crippen LogP contribution >= 0.6 is 23.2 Å². The maximum atomic E-state index is 14.1. The number of hydrogen-bond donors (Lipinski definition) is 0. The number of rotatable bonds is 4. The molecule has 182 valence electrons. The predicted octanol–water partition coefficient (Wildman–Crippen LogP) is 6.44. The van der Waals surface area contributed by atoms with E-state index in [4.69, 9.17) is 37.8 Å². The van der Waals surface area contributed by atoms with E-state index in [-0.39, 0.29) is 17.0 Å². The Morgan fingerprint density at radius 1 is 1.03 bits per heavy atom. The highest BCUT2D eigenvalue weighted by Gasteiger charge is 2.50. The Bertz CT molecular complexity index is 1560. The highest BCUT2D eigenvalue weighted by atomic mass is 35.5. The van der Waals surface area contributed by atoms with Crippen LogP contribution in [0.3, 0.4) is 0 Å². The van der Waals surface area contributed by atoms with Crippen molar-refractivity contribution in [2.45, 2.75) is 25.8 Å². The molecule has 1 amide bonds. The van der Waals surface area contributed by atoms with Crippen LogP contribution in [-0.2, 0) is 0 Å². The van der Waals surface area contributed by atoms with Crippen molar-refractivity contribution < 1.29 is 14.3 Å². The molecule has 9 heteroatoms. The lowest BCUT2D eigenvalue weighted by atomic mass is 9.86. The third kappa shape index (κ3) is 3.02. The fraction of sp³-hybridized carbons (Fsp3) is 0.222. The number of para-hydroxylation sites is 2. The first-order valence-corrected chi connectivity index (χ1v) is 12.2. The molecule has 6 rings (SSSR count). The number of carbonyl (C=O) groups is 1. The summed E-state index contributed by atoms with van der Waals surface area (Å²) in [4.78, 5) is 20.1. The predicted molar refractivity (Wildman–Crippen MR) is 139 cm³/mol. The van der Waals surface area contributed by atoms with Gasteiger partial charge in [0.2, 0.25) is 0 Å². The van der Waals surface area contributed by atoms with Gasteiger partial charge in [0.15, 0.2) is 11.4 Å². The van der Waals surface area contributed by atoms with Crippen LogP contribution in [0.4, 0.5) is 5.69 Å². The maximum Gasteiger partial charge on any atom is 0.280 e. The molecule has 4 aromatic rings. The summed E-state index contributed by atoms with van der Waals surface area (Å²) in [5.41, 5.74) is 5.84. The number of hydrogen-bond acceptors (Lipinski definition) is 5. The number of anilines is 1. The van der Waals surface area contributed by atoms with Gasteiger partial charge in [-0.3, -0.25) is 9.69 Å². The summed E-state index contributed by atoms with van der Waals surface area (Å²) >= 11 is 13.0. The van der Waals surface area contributed by atoms with Crippen LogP contribution in [0, 0.1) is 0 Å². The molecule has 0 saturated carbocycles. The second-order valence-corrected chi connectivity index (χ2v) is 9.83. The number of methoxy groups -OCH3 is 2. The molecule has 7 nitrogen and oxygen atoms in total. The Kier molecular flexibility index (Phi) is 5.24. The molecule has 1 unspecified atom stereocenters. The lowest BCUT2D eigenvalue weighted by Gasteiger charge is -2.36. The molecule has 0 spiro atoms. The maximum absolute atomic E-state index is 14.1. The summed E-state index contributed by atoms with van der Waals surface area (Å²) in [6, 6.07) is 12.9. The SMILES string of the molecule is COc1ccccc1-n1nc2c(c1C(C)C)C1c3ccc(Cl)cc3-c3c(Cl)ncc(OC)c3N1C2=O. The van der Waals surface area contributed by atoms with Gasteiger partial charge in [-0.2, -0.15) is 5.10 Å². The van der Waals surface area contributed by atoms with E-state index >= 15 is 0 Å². The molecule has 0 radical (unpaired) electrons. The van der Waals surface area contributed by atoms with Gasteiger partial charge in [-0.1, -0.05) is 55.2 Å². The number of pyridine rings is 1. The fourth-order valence-electron chi connectivity index (χ4n) is 5.37. The molecule has 2 aromatic heterocycles. The Labute approximate surface area is 218 Å². The van der Waals surface area contributed by atoms with E-state index < -0.39 is 6.04 Å². The largest absolute Gasteiger partial charge is 0.494 e. The molecule has 0 fully saturated rings. The number of benzene rings is 2. The second-order valence-electron chi connectivity index (χ2n) is 9.04. The van der Waals surface area contributed by atoms with E-state index in [1.165, 1.54) is 6.20 Å². The smallest absolute Gasteiger partial charge is 0.280 e. The van der Waals surface area contributed by atoms with Gasteiger partial charge in [-0.05, 0) is 41.3 Å². The average molecular weight is 521 g/mol. The number of fused-ring (bicyclic) bond motifs is 8. The van der Waals surface area contributed by atoms with Gasteiger partial charge in [-0.15, -0.1) is 0 Å². The third-order valence-corrected chi connectivity index (χ3v) is 7.31. The zero-order chi connectivity index (χ0) is 25.3. The number of aromatic nitrogens is 3. The first-order chi connectivity index (χ1) is 17.4. The number of carbonyl (C=O) groups excluding carboxylic acids is 1. The van der Waals surface area contributed by atoms with E-state index in [2.05, 4.69) is 18.8 Å². The van der Waals surface area contributed by atoms with E-state index in [0.717, 1.165) is 28.1 Å². The van der Waals surface area contributed by atoms with Crippen molar-refractivity contribution in [2.75, 3.05) is 19.1 Å². The van der Waals surface area contributed by atoms with Crippen molar-refractivity contribution >= 4 is 34.8 Å². The van der Waals surface area contributed by atoms with Gasteiger partial charge in [-0.25, -0.2) is 9.67 Å². The highest BCUT2D eigenvalue weighted by molar-refractivity contribution is 6.34. The molecular weight excluding hydrogens is 499 g/mol. The third-order valence-electron chi connectivity index (χ3n) is 6.78. The van der Waals surface area contributed by atoms with E-state index in [0.29, 0.717) is 33.5 Å². The summed E-state index contributed by atoms with van der Waals surface area (Å²) in [7, 11) is 3.18. The summed E-state index contributed by atoms with van der Waals surface area (Å²) < 4.78 is 13.1. The second kappa shape index (κ2) is 8.25. The van der Waals surface area contributed by atoms with Crippen LogP contribution in [0.15, 0.2) is 48.7 Å². The molecule has 0 bridgehead atoms. The minimum Gasteiger partial charge on any atom is -0.494 e. The zero-order valence-corrected chi connectivity index (χ0v) is 21.6. The Hall–Kier alpha value is -3.55. The highest BCUT2D eigenvalue weighted by Crippen LogP contribution is 2.57. The van der Waals surface area contributed by atoms with E-state index in [1.807, 2.05) is 47.1 Å². The molecule has 1 atom stereocenters. The average Bonchev–Trinajstić information content (AvgIpc) is 3.39. The lowest BCUT2D eigenvalue weighted by molar-refractivity contribution is 0.0987. The Morgan fingerprint density at radius 3 is 2.50 bits per heavy atom. The van der Waals surface area contributed by atoms with E-state index in [9.17, 15) is 4.79 Å². The van der Waals surface area contributed by atoms with Crippen molar-refractivity contribution in [3.8, 4) is 28.3 Å². The molecule has 0 aliphatic carbocycles. The monoisotopic (exact) mass is 520 g/mol. The summed E-state index contributed by atoms with van der Waals surface area (Å²) in [5, 5.41) is 5.70. The number of halogens is 2. The van der Waals surface area contributed by atoms with Gasteiger partial charge in [0.05, 0.1) is 37.8 Å². The van der Waals surface area contributed by atoms with Crippen molar-refractivity contribution in [3.05, 3.63) is 81.4 Å². The van der Waals surface area contributed by atoms with Gasteiger partial charge in [0.25, 0.3) is 5.91 Å². The Morgan fingerprint density at radius 2 is 1.78 bits per heavy atom. The first-order valence-electron chi connectivity index (χ1n) is 11.5. The van der Waals surface area contributed by atoms with Crippen molar-refractivity contribution in [2.24, 2.45) is 0 Å². The summed E-state index contributed by atoms with van der Waals surface area (Å²) in [6.45, 7) is 4.19. The van der Waals surface area contributed by atoms with Gasteiger partial charge in [0.1, 0.15) is 16.6 Å². The van der Waals surface area contributed by atoms with Crippen molar-refractivity contribution in [3.63, 3.8) is 0 Å². The number of amides is 1. The number of nitrogens with zero attached hydrogens (tertiary/aromatic N) is 4. The molecule has 0 saturated heterocycles. The van der Waals surface area contributed by atoms with Crippen LogP contribution in [0.1, 0.15) is 53.1 Å². The van der Waals surface area contributed by atoms with Crippen molar-refractivity contribution in [1.29, 1.82) is 0 Å².